The van der Waals surface area contributed by atoms with E-state index in [0.29, 0.717) is 0 Å². The fourth-order valence-corrected chi connectivity index (χ4v) is 0.956. The van der Waals surface area contributed by atoms with Crippen LogP contribution in [0.3, 0.4) is 0 Å². The summed E-state index contributed by atoms with van der Waals surface area (Å²) in [5, 5.41) is 10.5. The van der Waals surface area contributed by atoms with Gasteiger partial charge in [-0.05, 0) is 25.5 Å². The Bertz CT molecular complexity index is 295. The molecule has 1 rings (SSSR count). The largest absolute Gasteiger partial charge is 1.00 e. The molecular formula is C9H9CsO2. The molecule has 1 aromatic rings. The van der Waals surface area contributed by atoms with E-state index in [4.69, 9.17) is 0 Å². The van der Waals surface area contributed by atoms with E-state index in [1.165, 1.54) is 0 Å². The van der Waals surface area contributed by atoms with Crippen LogP contribution in [0.5, 0.6) is 0 Å². The maximum Gasteiger partial charge on any atom is 1.00 e. The van der Waals surface area contributed by atoms with E-state index in [1.807, 2.05) is 13.0 Å². The molecule has 12 heavy (non-hydrogen) atoms. The van der Waals surface area contributed by atoms with Crippen molar-refractivity contribution in [1.29, 1.82) is 0 Å². The van der Waals surface area contributed by atoms with Gasteiger partial charge in [-0.25, -0.2) is 0 Å². The summed E-state index contributed by atoms with van der Waals surface area (Å²) >= 11 is 0. The number of rotatable bonds is 1. The molecule has 0 spiro atoms. The van der Waals surface area contributed by atoms with E-state index < -0.39 is 5.97 Å². The number of aryl methyl sites for hydroxylation is 2. The molecule has 0 aromatic heterocycles. The van der Waals surface area contributed by atoms with E-state index in [9.17, 15) is 9.90 Å². The summed E-state index contributed by atoms with van der Waals surface area (Å²) in [6.45, 7) is 3.61. The van der Waals surface area contributed by atoms with Gasteiger partial charge in [-0.2, -0.15) is 0 Å². The van der Waals surface area contributed by atoms with Crippen LogP contribution in [0.1, 0.15) is 21.5 Å². The Hall–Kier alpha value is 0.742. The van der Waals surface area contributed by atoms with Crippen molar-refractivity contribution in [2.75, 3.05) is 0 Å². The minimum atomic E-state index is -1.11. The third kappa shape index (κ3) is 3.24. The van der Waals surface area contributed by atoms with E-state index in [1.54, 1.807) is 19.1 Å². The second kappa shape index (κ2) is 5.47. The zero-order valence-corrected chi connectivity index (χ0v) is 13.8. The summed E-state index contributed by atoms with van der Waals surface area (Å²) in [5.74, 6) is -1.11. The first kappa shape index (κ1) is 12.7. The first-order chi connectivity index (χ1) is 5.11. The van der Waals surface area contributed by atoms with Gasteiger partial charge in [0.05, 0.1) is 5.97 Å². The van der Waals surface area contributed by atoms with Crippen molar-refractivity contribution in [2.24, 2.45) is 0 Å². The van der Waals surface area contributed by atoms with Crippen molar-refractivity contribution in [1.82, 2.24) is 0 Å². The summed E-state index contributed by atoms with van der Waals surface area (Å²) in [6, 6.07) is 5.27. The SMILES string of the molecule is Cc1ccc(C)c(C(=O)[O-])c1.[Cs+]. The van der Waals surface area contributed by atoms with Gasteiger partial charge in [0.2, 0.25) is 0 Å². The van der Waals surface area contributed by atoms with Crippen molar-refractivity contribution in [3.63, 3.8) is 0 Å². The van der Waals surface area contributed by atoms with Crippen molar-refractivity contribution in [3.8, 4) is 0 Å². The minimum Gasteiger partial charge on any atom is -0.545 e. The molecule has 0 aliphatic heterocycles. The number of carbonyl (C=O) groups excluding carboxylic acids is 1. The molecule has 2 nitrogen and oxygen atoms in total. The standard InChI is InChI=1S/C9H10O2.Cs/c1-6-3-4-7(2)8(5-6)9(10)11;/h3-5H,1-2H3,(H,10,11);/q;+1/p-1. The molecule has 0 N–H and O–H groups in total. The number of carbonyl (C=O) groups is 1. The molecule has 0 aliphatic rings. The molecule has 0 radical (unpaired) electrons. The van der Waals surface area contributed by atoms with Crippen LogP contribution in [-0.2, 0) is 0 Å². The number of hydrogen-bond acceptors (Lipinski definition) is 2. The fraction of sp³-hybridized carbons (Fsp3) is 0.222. The van der Waals surface area contributed by atoms with Gasteiger partial charge in [-0.15, -0.1) is 0 Å². The van der Waals surface area contributed by atoms with E-state index in [0.717, 1.165) is 11.1 Å². The molecule has 0 unspecified atom stereocenters. The van der Waals surface area contributed by atoms with Crippen LogP contribution >= 0.6 is 0 Å². The number of carboxylic acids is 1. The van der Waals surface area contributed by atoms with Crippen molar-refractivity contribution in [2.45, 2.75) is 13.8 Å². The maximum absolute atomic E-state index is 10.5. The molecular weight excluding hydrogens is 273 g/mol. The van der Waals surface area contributed by atoms with E-state index >= 15 is 0 Å². The molecule has 0 amide bonds. The summed E-state index contributed by atoms with van der Waals surface area (Å²) in [7, 11) is 0. The Morgan fingerprint density at radius 3 is 2.33 bits per heavy atom. The van der Waals surface area contributed by atoms with Gasteiger partial charge in [0.1, 0.15) is 0 Å². The Morgan fingerprint density at radius 1 is 1.33 bits per heavy atom. The molecule has 0 saturated carbocycles. The number of carboxylic acid groups (broad SMARTS) is 1. The van der Waals surface area contributed by atoms with Crippen molar-refractivity contribution in [3.05, 3.63) is 34.9 Å². The molecule has 0 heterocycles. The zero-order valence-electron chi connectivity index (χ0n) is 7.55. The van der Waals surface area contributed by atoms with Gasteiger partial charge in [-0.3, -0.25) is 0 Å². The summed E-state index contributed by atoms with van der Waals surface area (Å²) in [5.41, 5.74) is 1.97. The molecule has 0 atom stereocenters. The Balaban J connectivity index is 0.00000121. The first-order valence-electron chi connectivity index (χ1n) is 3.40. The predicted molar refractivity (Wildman–Crippen MR) is 40.2 cm³/mol. The first-order valence-corrected chi connectivity index (χ1v) is 3.40. The molecule has 0 aliphatic carbocycles. The third-order valence-corrected chi connectivity index (χ3v) is 1.61. The second-order valence-corrected chi connectivity index (χ2v) is 2.61. The van der Waals surface area contributed by atoms with Crippen molar-refractivity contribution >= 4 is 5.97 Å². The monoisotopic (exact) mass is 282 g/mol. The van der Waals surface area contributed by atoms with Gasteiger partial charge in [0.25, 0.3) is 0 Å². The third-order valence-electron chi connectivity index (χ3n) is 1.61. The fourth-order valence-electron chi connectivity index (χ4n) is 0.956. The molecule has 0 bridgehead atoms. The summed E-state index contributed by atoms with van der Waals surface area (Å²) in [4.78, 5) is 10.5. The van der Waals surface area contributed by atoms with E-state index in [2.05, 4.69) is 0 Å². The second-order valence-electron chi connectivity index (χ2n) is 2.61. The Kier molecular flexibility index (Phi) is 5.81. The van der Waals surface area contributed by atoms with Crippen LogP contribution in [0, 0.1) is 13.8 Å². The Morgan fingerprint density at radius 2 is 1.92 bits per heavy atom. The average Bonchev–Trinajstić information content (AvgIpc) is 1.94. The minimum absolute atomic E-state index is 0. The average molecular weight is 282 g/mol. The summed E-state index contributed by atoms with van der Waals surface area (Å²) in [6.07, 6.45) is 0. The van der Waals surface area contributed by atoms with Gasteiger partial charge >= 0.3 is 68.9 Å². The molecule has 3 heteroatoms. The maximum atomic E-state index is 10.5. The Labute approximate surface area is 131 Å². The number of hydrogen-bond donors (Lipinski definition) is 0. The van der Waals surface area contributed by atoms with Crippen LogP contribution in [0.2, 0.25) is 0 Å². The van der Waals surface area contributed by atoms with Crippen molar-refractivity contribution < 1.29 is 78.8 Å². The zero-order chi connectivity index (χ0) is 8.43. The summed E-state index contributed by atoms with van der Waals surface area (Å²) < 4.78 is 0. The van der Waals surface area contributed by atoms with Gasteiger partial charge < -0.3 is 9.90 Å². The molecule has 0 saturated heterocycles. The topological polar surface area (TPSA) is 40.1 Å². The molecule has 58 valence electrons. The van der Waals surface area contributed by atoms with Crippen LogP contribution in [0.15, 0.2) is 18.2 Å². The van der Waals surface area contributed by atoms with Gasteiger partial charge in [-0.1, -0.05) is 17.7 Å². The van der Waals surface area contributed by atoms with Gasteiger partial charge in [0, 0.05) is 5.56 Å². The smallest absolute Gasteiger partial charge is 0.545 e. The quantitative estimate of drug-likeness (QED) is 0.580. The van der Waals surface area contributed by atoms with Crippen LogP contribution in [0.25, 0.3) is 0 Å². The number of benzene rings is 1. The van der Waals surface area contributed by atoms with Gasteiger partial charge in [0.15, 0.2) is 0 Å². The van der Waals surface area contributed by atoms with Crippen LogP contribution in [0.4, 0.5) is 0 Å². The predicted octanol–water partition coefficient (Wildman–Crippen LogP) is -2.33. The number of aromatic carboxylic acids is 1. The van der Waals surface area contributed by atoms with Crippen LogP contribution < -0.4 is 74.0 Å². The van der Waals surface area contributed by atoms with Crippen LogP contribution in [-0.4, -0.2) is 5.97 Å². The normalized spacial score (nSPS) is 8.83. The molecule has 1 aromatic carbocycles. The van der Waals surface area contributed by atoms with E-state index in [-0.39, 0.29) is 74.5 Å². The molecule has 0 fully saturated rings.